The number of rotatable bonds is 4. The van der Waals surface area contributed by atoms with Crippen molar-refractivity contribution in [3.8, 4) is 12.3 Å². The molecular weight excluding hydrogens is 200 g/mol. The van der Waals surface area contributed by atoms with Crippen LogP contribution in [0.4, 0.5) is 5.69 Å². The van der Waals surface area contributed by atoms with Crippen LogP contribution in [0.5, 0.6) is 0 Å². The number of nitrogens with one attached hydrogen (secondary N) is 2. The zero-order chi connectivity index (χ0) is 12.0. The van der Waals surface area contributed by atoms with Crippen molar-refractivity contribution in [2.75, 3.05) is 12.4 Å². The van der Waals surface area contributed by atoms with Crippen LogP contribution in [0.15, 0.2) is 24.3 Å². The lowest BCUT2D eigenvalue weighted by atomic mass is 10.1. The van der Waals surface area contributed by atoms with Crippen molar-refractivity contribution in [3.63, 3.8) is 0 Å². The Hall–Kier alpha value is -1.95. The minimum Gasteiger partial charge on any atom is -0.387 e. The van der Waals surface area contributed by atoms with E-state index in [0.29, 0.717) is 12.0 Å². The van der Waals surface area contributed by atoms with Gasteiger partial charge in [-0.1, -0.05) is 12.1 Å². The molecule has 0 radical (unpaired) electrons. The van der Waals surface area contributed by atoms with Crippen molar-refractivity contribution < 1.29 is 4.79 Å². The summed E-state index contributed by atoms with van der Waals surface area (Å²) in [6.07, 6.45) is 5.72. The average molecular weight is 216 g/mol. The predicted octanol–water partition coefficient (Wildman–Crippen LogP) is 1.87. The average Bonchev–Trinajstić information content (AvgIpc) is 2.29. The number of carbonyl (C=O) groups excluding carboxylic acids is 1. The summed E-state index contributed by atoms with van der Waals surface area (Å²) in [6.45, 7) is 1.89. The standard InChI is InChI=1S/C13H16N2O/c1-4-7-10(2)15-13(16)11-8-5-6-9-12(11)14-3/h1,5-6,8-10,14H,7H2,2-3H3,(H,15,16). The van der Waals surface area contributed by atoms with Gasteiger partial charge in [-0.05, 0) is 19.1 Å². The number of benzene rings is 1. The van der Waals surface area contributed by atoms with Gasteiger partial charge in [0.15, 0.2) is 0 Å². The van der Waals surface area contributed by atoms with E-state index in [9.17, 15) is 4.79 Å². The molecule has 0 aliphatic heterocycles. The second-order valence-corrected chi connectivity index (χ2v) is 3.58. The van der Waals surface area contributed by atoms with Gasteiger partial charge in [-0.15, -0.1) is 12.3 Å². The highest BCUT2D eigenvalue weighted by Crippen LogP contribution is 2.13. The van der Waals surface area contributed by atoms with Gasteiger partial charge >= 0.3 is 0 Å². The third-order valence-electron chi connectivity index (χ3n) is 2.24. The molecule has 2 N–H and O–H groups in total. The van der Waals surface area contributed by atoms with Gasteiger partial charge in [0.05, 0.1) is 5.56 Å². The van der Waals surface area contributed by atoms with Crippen LogP contribution in [-0.4, -0.2) is 19.0 Å². The van der Waals surface area contributed by atoms with Crippen LogP contribution in [0, 0.1) is 12.3 Å². The van der Waals surface area contributed by atoms with E-state index in [1.165, 1.54) is 0 Å². The van der Waals surface area contributed by atoms with Gasteiger partial charge in [-0.2, -0.15) is 0 Å². The Balaban J connectivity index is 2.77. The summed E-state index contributed by atoms with van der Waals surface area (Å²) in [5.74, 6) is 2.42. The fourth-order valence-electron chi connectivity index (χ4n) is 1.43. The van der Waals surface area contributed by atoms with E-state index in [4.69, 9.17) is 6.42 Å². The van der Waals surface area contributed by atoms with Crippen molar-refractivity contribution in [2.24, 2.45) is 0 Å². The van der Waals surface area contributed by atoms with Gasteiger partial charge < -0.3 is 10.6 Å². The fraction of sp³-hybridized carbons (Fsp3) is 0.308. The molecule has 0 aromatic heterocycles. The molecule has 3 heteroatoms. The molecule has 1 amide bonds. The first kappa shape index (κ1) is 12.1. The summed E-state index contributed by atoms with van der Waals surface area (Å²) in [6, 6.07) is 7.35. The van der Waals surface area contributed by atoms with E-state index < -0.39 is 0 Å². The molecule has 0 saturated carbocycles. The van der Waals surface area contributed by atoms with Gasteiger partial charge in [-0.25, -0.2) is 0 Å². The molecule has 0 bridgehead atoms. The Morgan fingerprint density at radius 3 is 2.81 bits per heavy atom. The van der Waals surface area contributed by atoms with E-state index in [1.807, 2.05) is 25.1 Å². The maximum Gasteiger partial charge on any atom is 0.253 e. The minimum absolute atomic E-state index is 0.0117. The van der Waals surface area contributed by atoms with Gasteiger partial charge in [-0.3, -0.25) is 4.79 Å². The Morgan fingerprint density at radius 2 is 2.19 bits per heavy atom. The van der Waals surface area contributed by atoms with Crippen molar-refractivity contribution in [1.29, 1.82) is 0 Å². The molecule has 1 aromatic rings. The van der Waals surface area contributed by atoms with Crippen LogP contribution < -0.4 is 10.6 Å². The molecule has 1 unspecified atom stereocenters. The zero-order valence-corrected chi connectivity index (χ0v) is 9.58. The normalized spacial score (nSPS) is 11.3. The summed E-state index contributed by atoms with van der Waals surface area (Å²) in [5, 5.41) is 5.83. The minimum atomic E-state index is -0.104. The number of hydrogen-bond acceptors (Lipinski definition) is 2. The van der Waals surface area contributed by atoms with Crippen molar-refractivity contribution in [3.05, 3.63) is 29.8 Å². The van der Waals surface area contributed by atoms with Crippen LogP contribution >= 0.6 is 0 Å². The van der Waals surface area contributed by atoms with E-state index >= 15 is 0 Å². The number of carbonyl (C=O) groups is 1. The lowest BCUT2D eigenvalue weighted by molar-refractivity contribution is 0.0941. The summed E-state index contributed by atoms with van der Waals surface area (Å²) in [5.41, 5.74) is 1.45. The molecule has 0 spiro atoms. The van der Waals surface area contributed by atoms with E-state index in [2.05, 4.69) is 16.6 Å². The third-order valence-corrected chi connectivity index (χ3v) is 2.24. The maximum atomic E-state index is 11.9. The molecule has 3 nitrogen and oxygen atoms in total. The number of hydrogen-bond donors (Lipinski definition) is 2. The number of amides is 1. The van der Waals surface area contributed by atoms with Crippen LogP contribution in [0.3, 0.4) is 0 Å². The van der Waals surface area contributed by atoms with E-state index in [0.717, 1.165) is 5.69 Å². The highest BCUT2D eigenvalue weighted by atomic mass is 16.1. The highest BCUT2D eigenvalue weighted by Gasteiger charge is 2.11. The van der Waals surface area contributed by atoms with Crippen LogP contribution in [0.25, 0.3) is 0 Å². The summed E-state index contributed by atoms with van der Waals surface area (Å²) < 4.78 is 0. The quantitative estimate of drug-likeness (QED) is 0.754. The maximum absolute atomic E-state index is 11.9. The first-order chi connectivity index (χ1) is 7.69. The second kappa shape index (κ2) is 5.82. The summed E-state index contributed by atoms with van der Waals surface area (Å²) >= 11 is 0. The van der Waals surface area contributed by atoms with Crippen LogP contribution in [0.2, 0.25) is 0 Å². The Labute approximate surface area is 96.2 Å². The van der Waals surface area contributed by atoms with Crippen molar-refractivity contribution in [2.45, 2.75) is 19.4 Å². The smallest absolute Gasteiger partial charge is 0.253 e. The fourth-order valence-corrected chi connectivity index (χ4v) is 1.43. The Kier molecular flexibility index (Phi) is 4.41. The topological polar surface area (TPSA) is 41.1 Å². The molecule has 84 valence electrons. The first-order valence-corrected chi connectivity index (χ1v) is 5.20. The molecular formula is C13H16N2O. The SMILES string of the molecule is C#CCC(C)NC(=O)c1ccccc1NC. The molecule has 0 aliphatic rings. The monoisotopic (exact) mass is 216 g/mol. The van der Waals surface area contributed by atoms with Crippen LogP contribution in [-0.2, 0) is 0 Å². The van der Waals surface area contributed by atoms with E-state index in [-0.39, 0.29) is 11.9 Å². The van der Waals surface area contributed by atoms with Gasteiger partial charge in [0.1, 0.15) is 0 Å². The number of para-hydroxylation sites is 1. The Morgan fingerprint density at radius 1 is 1.50 bits per heavy atom. The Bertz CT molecular complexity index is 407. The van der Waals surface area contributed by atoms with Crippen molar-refractivity contribution in [1.82, 2.24) is 5.32 Å². The van der Waals surface area contributed by atoms with Gasteiger partial charge in [0, 0.05) is 25.2 Å². The molecule has 0 fully saturated rings. The third kappa shape index (κ3) is 3.03. The second-order valence-electron chi connectivity index (χ2n) is 3.58. The molecule has 1 atom stereocenters. The van der Waals surface area contributed by atoms with Gasteiger partial charge in [0.2, 0.25) is 0 Å². The summed E-state index contributed by atoms with van der Waals surface area (Å²) in [4.78, 5) is 11.9. The lowest BCUT2D eigenvalue weighted by Crippen LogP contribution is -2.32. The molecule has 0 saturated heterocycles. The van der Waals surface area contributed by atoms with E-state index in [1.54, 1.807) is 13.1 Å². The zero-order valence-electron chi connectivity index (χ0n) is 9.58. The first-order valence-electron chi connectivity index (χ1n) is 5.20. The number of terminal acetylenes is 1. The largest absolute Gasteiger partial charge is 0.387 e. The predicted molar refractivity (Wildman–Crippen MR) is 66.4 cm³/mol. The lowest BCUT2D eigenvalue weighted by Gasteiger charge is -2.13. The highest BCUT2D eigenvalue weighted by molar-refractivity contribution is 5.99. The molecule has 1 rings (SSSR count). The molecule has 1 aromatic carbocycles. The number of anilines is 1. The van der Waals surface area contributed by atoms with Gasteiger partial charge in [0.25, 0.3) is 5.91 Å². The molecule has 0 aliphatic carbocycles. The van der Waals surface area contributed by atoms with Crippen molar-refractivity contribution >= 4 is 11.6 Å². The summed E-state index contributed by atoms with van der Waals surface area (Å²) in [7, 11) is 1.79. The molecule has 16 heavy (non-hydrogen) atoms. The van der Waals surface area contributed by atoms with Crippen LogP contribution in [0.1, 0.15) is 23.7 Å². The molecule has 0 heterocycles.